The van der Waals surface area contributed by atoms with Gasteiger partial charge >= 0.3 is 5.97 Å². The van der Waals surface area contributed by atoms with Crippen molar-refractivity contribution >= 4 is 50.0 Å². The number of benzene rings is 2. The van der Waals surface area contributed by atoms with Crippen molar-refractivity contribution in [3.05, 3.63) is 58.2 Å². The first-order valence-electron chi connectivity index (χ1n) is 8.09. The quantitative estimate of drug-likeness (QED) is 0.426. The van der Waals surface area contributed by atoms with Gasteiger partial charge in [-0.1, -0.05) is 23.7 Å². The van der Waals surface area contributed by atoms with E-state index in [9.17, 15) is 18.0 Å². The molecule has 0 unspecified atom stereocenters. The second kappa shape index (κ2) is 7.27. The van der Waals surface area contributed by atoms with E-state index in [1.165, 1.54) is 30.3 Å². The number of aromatic nitrogens is 1. The Kier molecular flexibility index (Phi) is 5.16. The molecule has 0 saturated carbocycles. The van der Waals surface area contributed by atoms with E-state index in [1.54, 1.807) is 6.92 Å². The molecule has 3 aromatic rings. The summed E-state index contributed by atoms with van der Waals surface area (Å²) in [6.07, 6.45) is 0. The van der Waals surface area contributed by atoms with Crippen LogP contribution in [-0.4, -0.2) is 31.8 Å². The zero-order chi connectivity index (χ0) is 20.6. The summed E-state index contributed by atoms with van der Waals surface area (Å²) in [5.74, 6) is -1.19. The Balaban J connectivity index is 2.17. The Bertz CT molecular complexity index is 1220. The summed E-state index contributed by atoms with van der Waals surface area (Å²) >= 11 is 6.06. The van der Waals surface area contributed by atoms with Crippen LogP contribution in [0.25, 0.3) is 10.9 Å². The van der Waals surface area contributed by atoms with E-state index in [2.05, 4.69) is 4.98 Å². The monoisotopic (exact) mass is 421 g/mol. The normalized spacial score (nSPS) is 11.5. The molecule has 28 heavy (non-hydrogen) atoms. The van der Waals surface area contributed by atoms with Gasteiger partial charge in [0.05, 0.1) is 28.3 Å². The molecular formula is C18H16ClN3O5S. The number of rotatable bonds is 5. The third-order valence-corrected chi connectivity index (χ3v) is 5.18. The van der Waals surface area contributed by atoms with Gasteiger partial charge in [-0.25, -0.2) is 18.4 Å². The Morgan fingerprint density at radius 2 is 1.93 bits per heavy atom. The molecule has 0 aliphatic rings. The van der Waals surface area contributed by atoms with Crippen LogP contribution in [0.2, 0.25) is 5.02 Å². The Morgan fingerprint density at radius 1 is 1.21 bits per heavy atom. The number of ether oxygens (including phenoxy) is 1. The Morgan fingerprint density at radius 3 is 2.57 bits per heavy atom. The van der Waals surface area contributed by atoms with Crippen molar-refractivity contribution in [1.82, 2.24) is 4.98 Å². The average Bonchev–Trinajstić information content (AvgIpc) is 2.96. The summed E-state index contributed by atoms with van der Waals surface area (Å²) in [5.41, 5.74) is 6.72. The molecule has 0 aliphatic carbocycles. The van der Waals surface area contributed by atoms with Crippen LogP contribution in [0.3, 0.4) is 0 Å². The zero-order valence-corrected chi connectivity index (χ0v) is 16.2. The van der Waals surface area contributed by atoms with Gasteiger partial charge in [0.2, 0.25) is 15.8 Å². The minimum atomic E-state index is -3.98. The first-order valence-corrected chi connectivity index (χ1v) is 10.0. The molecule has 146 valence electrons. The lowest BCUT2D eigenvalue weighted by Gasteiger charge is -2.05. The number of nitrogens with one attached hydrogen (secondary N) is 1. The van der Waals surface area contributed by atoms with Crippen molar-refractivity contribution in [3.8, 4) is 0 Å². The smallest absolute Gasteiger partial charge is 0.338 e. The topological polar surface area (TPSA) is 145 Å². The molecule has 2 aromatic carbocycles. The van der Waals surface area contributed by atoms with E-state index in [-0.39, 0.29) is 39.0 Å². The number of hydrogen-bond acceptors (Lipinski definition) is 6. The van der Waals surface area contributed by atoms with E-state index in [0.29, 0.717) is 10.9 Å². The second-order valence-corrected chi connectivity index (χ2v) is 7.91. The van der Waals surface area contributed by atoms with E-state index >= 15 is 0 Å². The molecule has 3 rings (SSSR count). The molecule has 1 aromatic heterocycles. The molecule has 0 saturated heterocycles. The van der Waals surface area contributed by atoms with Crippen molar-refractivity contribution in [2.45, 2.75) is 11.8 Å². The van der Waals surface area contributed by atoms with E-state index < -0.39 is 21.8 Å². The van der Waals surface area contributed by atoms with E-state index in [0.717, 1.165) is 6.07 Å². The van der Waals surface area contributed by atoms with Gasteiger partial charge in [-0.05, 0) is 31.2 Å². The first kappa shape index (κ1) is 19.9. The van der Waals surface area contributed by atoms with Gasteiger partial charge in [0.25, 0.3) is 0 Å². The van der Waals surface area contributed by atoms with Crippen LogP contribution in [0.5, 0.6) is 0 Å². The number of nitrogens with two attached hydrogens (primary N) is 2. The van der Waals surface area contributed by atoms with Gasteiger partial charge in [0, 0.05) is 16.0 Å². The molecule has 0 aliphatic heterocycles. The summed E-state index contributed by atoms with van der Waals surface area (Å²) in [5, 5.41) is 5.67. The Labute approximate surface area is 165 Å². The van der Waals surface area contributed by atoms with Crippen LogP contribution in [0.15, 0.2) is 41.3 Å². The number of H-pyrrole nitrogens is 1. The fraction of sp³-hybridized carbons (Fsp3) is 0.111. The van der Waals surface area contributed by atoms with Crippen LogP contribution in [0.4, 0.5) is 5.69 Å². The molecule has 0 radical (unpaired) electrons. The molecule has 8 nitrogen and oxygen atoms in total. The lowest BCUT2D eigenvalue weighted by atomic mass is 10.0. The van der Waals surface area contributed by atoms with Crippen LogP contribution < -0.4 is 10.9 Å². The maximum Gasteiger partial charge on any atom is 0.338 e. The van der Waals surface area contributed by atoms with Gasteiger partial charge in [0.1, 0.15) is 5.69 Å². The predicted molar refractivity (Wildman–Crippen MR) is 105 cm³/mol. The zero-order valence-electron chi connectivity index (χ0n) is 14.7. The number of carbonyl (C=O) groups is 2. The molecule has 0 bridgehead atoms. The fourth-order valence-electron chi connectivity index (χ4n) is 2.83. The SMILES string of the molecule is CCOC(=O)c1cc(Cl)cc2[nH]c(C(=O)c3cccc(S(N)(=O)=O)c3)c(N)c12. The standard InChI is InChI=1S/C18H16ClN3O5S/c1-2-27-18(24)12-7-10(19)8-13-14(12)15(20)16(22-13)17(23)9-4-3-5-11(6-9)28(21,25)26/h3-8,22H,2,20H2,1H3,(H2,21,25,26). The van der Waals surface area contributed by atoms with E-state index in [4.69, 9.17) is 27.2 Å². The fourth-order valence-corrected chi connectivity index (χ4v) is 3.61. The molecule has 0 amide bonds. The first-order chi connectivity index (χ1) is 13.1. The van der Waals surface area contributed by atoms with Crippen molar-refractivity contribution in [1.29, 1.82) is 0 Å². The number of carbonyl (C=O) groups excluding carboxylic acids is 2. The number of primary sulfonamides is 1. The Hall–Kier alpha value is -2.88. The molecule has 0 atom stereocenters. The summed E-state index contributed by atoms with van der Waals surface area (Å²) < 4.78 is 28.1. The lowest BCUT2D eigenvalue weighted by molar-refractivity contribution is 0.0528. The number of sulfonamides is 1. The molecule has 0 spiro atoms. The molecule has 1 heterocycles. The van der Waals surface area contributed by atoms with Crippen molar-refractivity contribution in [3.63, 3.8) is 0 Å². The minimum Gasteiger partial charge on any atom is -0.462 e. The van der Waals surface area contributed by atoms with Crippen LogP contribution in [0.1, 0.15) is 33.3 Å². The summed E-state index contributed by atoms with van der Waals surface area (Å²) in [4.78, 5) is 27.8. The lowest BCUT2D eigenvalue weighted by Crippen LogP contribution is -2.13. The highest BCUT2D eigenvalue weighted by Crippen LogP contribution is 2.33. The van der Waals surface area contributed by atoms with Crippen molar-refractivity contribution in [2.24, 2.45) is 5.14 Å². The largest absolute Gasteiger partial charge is 0.462 e. The van der Waals surface area contributed by atoms with Crippen molar-refractivity contribution < 1.29 is 22.7 Å². The third-order valence-electron chi connectivity index (χ3n) is 4.05. The molecule has 0 fully saturated rings. The number of ketones is 1. The highest BCUT2D eigenvalue weighted by atomic mass is 35.5. The van der Waals surface area contributed by atoms with E-state index in [1.807, 2.05) is 0 Å². The summed E-state index contributed by atoms with van der Waals surface area (Å²) in [6, 6.07) is 8.19. The molecule has 10 heteroatoms. The number of hydrogen-bond donors (Lipinski definition) is 3. The van der Waals surface area contributed by atoms with Gasteiger partial charge < -0.3 is 15.5 Å². The van der Waals surface area contributed by atoms with Gasteiger partial charge in [-0.3, -0.25) is 4.79 Å². The highest BCUT2D eigenvalue weighted by Gasteiger charge is 2.23. The van der Waals surface area contributed by atoms with Crippen molar-refractivity contribution in [2.75, 3.05) is 12.3 Å². The highest BCUT2D eigenvalue weighted by molar-refractivity contribution is 7.89. The van der Waals surface area contributed by atoms with Gasteiger partial charge in [-0.2, -0.15) is 0 Å². The number of halogens is 1. The number of anilines is 1. The van der Waals surface area contributed by atoms with Gasteiger partial charge in [-0.15, -0.1) is 0 Å². The second-order valence-electron chi connectivity index (χ2n) is 5.91. The van der Waals surface area contributed by atoms with Gasteiger partial charge in [0.15, 0.2) is 0 Å². The summed E-state index contributed by atoms with van der Waals surface area (Å²) in [6.45, 7) is 1.82. The maximum atomic E-state index is 12.9. The number of nitrogen functional groups attached to an aromatic ring is 1. The van der Waals surface area contributed by atoms with Crippen LogP contribution in [0, 0.1) is 0 Å². The predicted octanol–water partition coefficient (Wildman–Crippen LogP) is 2.46. The minimum absolute atomic E-state index is 0.00520. The average molecular weight is 422 g/mol. The third kappa shape index (κ3) is 3.59. The van der Waals surface area contributed by atoms with Crippen LogP contribution in [-0.2, 0) is 14.8 Å². The molecular weight excluding hydrogens is 406 g/mol. The summed E-state index contributed by atoms with van der Waals surface area (Å²) in [7, 11) is -3.98. The number of fused-ring (bicyclic) bond motifs is 1. The molecule has 5 N–H and O–H groups in total. The number of esters is 1. The van der Waals surface area contributed by atoms with Crippen LogP contribution >= 0.6 is 11.6 Å². The number of aromatic amines is 1. The maximum absolute atomic E-state index is 12.9.